The van der Waals surface area contributed by atoms with Crippen LogP contribution in [0.3, 0.4) is 0 Å². The summed E-state index contributed by atoms with van der Waals surface area (Å²) in [5.74, 6) is -0.934. The molecular formula is C29H31N5O3. The summed E-state index contributed by atoms with van der Waals surface area (Å²) in [7, 11) is 0. The maximum atomic E-state index is 13.7. The van der Waals surface area contributed by atoms with Gasteiger partial charge in [-0.05, 0) is 60.7 Å². The normalized spacial score (nSPS) is 24.5. The summed E-state index contributed by atoms with van der Waals surface area (Å²) in [5.41, 5.74) is 4.53. The topological polar surface area (TPSA) is 100 Å². The number of carbonyl (C=O) groups excluding carboxylic acids is 1. The zero-order valence-electron chi connectivity index (χ0n) is 20.7. The molecule has 8 nitrogen and oxygen atoms in total. The van der Waals surface area contributed by atoms with E-state index >= 15 is 0 Å². The molecule has 6 rings (SSSR count). The molecule has 3 aromatic rings. The Kier molecular flexibility index (Phi) is 6.44. The van der Waals surface area contributed by atoms with E-state index in [9.17, 15) is 14.7 Å². The molecule has 2 aliphatic heterocycles. The Morgan fingerprint density at radius 3 is 2.78 bits per heavy atom. The van der Waals surface area contributed by atoms with E-state index in [1.54, 1.807) is 12.4 Å². The maximum absolute atomic E-state index is 13.7. The fraction of sp³-hybridized carbons (Fsp3) is 0.379. The summed E-state index contributed by atoms with van der Waals surface area (Å²) in [5, 5.41) is 13.6. The second-order valence-corrected chi connectivity index (χ2v) is 10.2. The molecule has 37 heavy (non-hydrogen) atoms. The van der Waals surface area contributed by atoms with Gasteiger partial charge in [-0.2, -0.15) is 0 Å². The quantitative estimate of drug-likeness (QED) is 0.521. The number of nitrogens with one attached hydrogen (secondary N) is 1. The van der Waals surface area contributed by atoms with Crippen molar-refractivity contribution in [2.75, 3.05) is 6.61 Å². The summed E-state index contributed by atoms with van der Waals surface area (Å²) in [6, 6.07) is 13.0. The highest BCUT2D eigenvalue weighted by Crippen LogP contribution is 2.49. The van der Waals surface area contributed by atoms with Gasteiger partial charge < -0.3 is 15.0 Å². The van der Waals surface area contributed by atoms with E-state index in [0.717, 1.165) is 47.4 Å². The molecule has 1 fully saturated rings. The monoisotopic (exact) mass is 497 g/mol. The summed E-state index contributed by atoms with van der Waals surface area (Å²) < 4.78 is 1.86. The number of hydrogen-bond acceptors (Lipinski definition) is 6. The molecule has 5 heterocycles. The van der Waals surface area contributed by atoms with E-state index in [-0.39, 0.29) is 36.1 Å². The predicted octanol–water partition coefficient (Wildman–Crippen LogP) is 2.69. The second kappa shape index (κ2) is 10.0. The molecule has 0 spiro atoms. The van der Waals surface area contributed by atoms with Gasteiger partial charge in [0, 0.05) is 61.5 Å². The van der Waals surface area contributed by atoms with Crippen molar-refractivity contribution in [2.24, 2.45) is 11.8 Å². The minimum Gasteiger partial charge on any atom is -0.396 e. The molecular weight excluding hydrogens is 466 g/mol. The Morgan fingerprint density at radius 2 is 2.05 bits per heavy atom. The summed E-state index contributed by atoms with van der Waals surface area (Å²) in [4.78, 5) is 38.3. The fourth-order valence-electron chi connectivity index (χ4n) is 6.40. The van der Waals surface area contributed by atoms with Crippen LogP contribution in [-0.4, -0.2) is 43.1 Å². The van der Waals surface area contributed by atoms with Crippen molar-refractivity contribution in [3.05, 3.63) is 100.0 Å². The molecule has 1 aliphatic carbocycles. The van der Waals surface area contributed by atoms with Gasteiger partial charge in [0.1, 0.15) is 0 Å². The van der Waals surface area contributed by atoms with E-state index in [0.29, 0.717) is 19.6 Å². The van der Waals surface area contributed by atoms with Crippen LogP contribution in [0.1, 0.15) is 47.8 Å². The third-order valence-corrected chi connectivity index (χ3v) is 8.12. The fourth-order valence-corrected chi connectivity index (χ4v) is 6.40. The number of rotatable bonds is 7. The Bertz CT molecular complexity index is 1370. The van der Waals surface area contributed by atoms with E-state index in [1.165, 1.54) is 0 Å². The average molecular weight is 498 g/mol. The first-order valence-electron chi connectivity index (χ1n) is 13.0. The first kappa shape index (κ1) is 23.8. The number of pyridine rings is 3. The van der Waals surface area contributed by atoms with E-state index in [4.69, 9.17) is 0 Å². The number of nitrogens with zero attached hydrogens (tertiary/aromatic N) is 4. The van der Waals surface area contributed by atoms with E-state index in [1.807, 2.05) is 53.2 Å². The van der Waals surface area contributed by atoms with Gasteiger partial charge in [0.05, 0.1) is 24.2 Å². The number of hydrogen-bond donors (Lipinski definition) is 2. The molecule has 3 aliphatic rings. The number of carbonyl (C=O) groups is 1. The van der Waals surface area contributed by atoms with Gasteiger partial charge in [0.15, 0.2) is 0 Å². The molecule has 8 heteroatoms. The van der Waals surface area contributed by atoms with Crippen LogP contribution in [0.5, 0.6) is 0 Å². The maximum Gasteiger partial charge on any atom is 0.258 e. The van der Waals surface area contributed by atoms with Crippen molar-refractivity contribution in [1.29, 1.82) is 0 Å². The average Bonchev–Trinajstić information content (AvgIpc) is 3.53. The minimum atomic E-state index is -0.500. The van der Waals surface area contributed by atoms with Crippen LogP contribution in [0.4, 0.5) is 0 Å². The lowest BCUT2D eigenvalue weighted by Gasteiger charge is -2.38. The number of aromatic nitrogens is 3. The molecule has 0 unspecified atom stereocenters. The van der Waals surface area contributed by atoms with Crippen LogP contribution in [0.15, 0.2) is 71.9 Å². The first-order chi connectivity index (χ1) is 18.2. The van der Waals surface area contributed by atoms with Crippen LogP contribution in [0.2, 0.25) is 0 Å². The summed E-state index contributed by atoms with van der Waals surface area (Å²) >= 11 is 0. The van der Waals surface area contributed by atoms with Gasteiger partial charge in [-0.1, -0.05) is 18.2 Å². The molecule has 1 amide bonds. The standard InChI is InChI=1S/C29H31N5O3/c35-18-23-25-17-34-24(11-10-22(29(34)37)20-7-1-2-8-20)27(33(25)16-19-6-5-12-30-14-19)26(23)28(36)32-15-21-9-3-4-13-31-21/h3-7,9-14,23,25-27,35H,1-2,8,15-18H2,(H,32,36)/t23-,25-,26+,27+/m0/s1. The van der Waals surface area contributed by atoms with Crippen molar-refractivity contribution in [1.82, 2.24) is 24.8 Å². The number of aliphatic hydroxyl groups is 1. The minimum absolute atomic E-state index is 0.00733. The van der Waals surface area contributed by atoms with Crippen molar-refractivity contribution in [3.8, 4) is 0 Å². The molecule has 0 aromatic carbocycles. The van der Waals surface area contributed by atoms with Crippen molar-refractivity contribution in [2.45, 2.75) is 51.0 Å². The molecule has 2 bridgehead atoms. The highest BCUT2D eigenvalue weighted by molar-refractivity contribution is 5.80. The Hall–Kier alpha value is -3.62. The zero-order valence-corrected chi connectivity index (χ0v) is 20.7. The van der Waals surface area contributed by atoms with Crippen LogP contribution < -0.4 is 10.9 Å². The molecule has 4 atom stereocenters. The van der Waals surface area contributed by atoms with E-state index in [2.05, 4.69) is 26.3 Å². The first-order valence-corrected chi connectivity index (χ1v) is 13.0. The van der Waals surface area contributed by atoms with E-state index < -0.39 is 5.92 Å². The number of amides is 1. The third-order valence-electron chi connectivity index (χ3n) is 8.12. The molecule has 0 radical (unpaired) electrons. The molecule has 2 N–H and O–H groups in total. The highest BCUT2D eigenvalue weighted by atomic mass is 16.3. The molecule has 1 saturated heterocycles. The summed E-state index contributed by atoms with van der Waals surface area (Å²) in [6.45, 7) is 1.22. The Labute approximate surface area is 215 Å². The predicted molar refractivity (Wildman–Crippen MR) is 139 cm³/mol. The molecule has 190 valence electrons. The lowest BCUT2D eigenvalue weighted by atomic mass is 9.86. The van der Waals surface area contributed by atoms with Crippen molar-refractivity contribution in [3.63, 3.8) is 0 Å². The Balaban J connectivity index is 1.39. The van der Waals surface area contributed by atoms with Crippen molar-refractivity contribution < 1.29 is 9.90 Å². The lowest BCUT2D eigenvalue weighted by molar-refractivity contribution is -0.127. The second-order valence-electron chi connectivity index (χ2n) is 10.2. The highest BCUT2D eigenvalue weighted by Gasteiger charge is 2.55. The van der Waals surface area contributed by atoms with Gasteiger partial charge in [-0.25, -0.2) is 0 Å². The van der Waals surface area contributed by atoms with Crippen LogP contribution in [0.25, 0.3) is 5.57 Å². The van der Waals surface area contributed by atoms with Gasteiger partial charge in [0.2, 0.25) is 5.91 Å². The molecule has 0 saturated carbocycles. The number of aliphatic hydroxyl groups excluding tert-OH is 1. The Morgan fingerprint density at radius 1 is 1.14 bits per heavy atom. The SMILES string of the molecule is O=C(NCc1ccccn1)[C@@H]1[C@@H](CO)[C@@H]2Cn3c(ccc(C4=CCCC4)c3=O)[C@H]1N2Cc1cccnc1. The van der Waals surface area contributed by atoms with Crippen LogP contribution >= 0.6 is 0 Å². The van der Waals surface area contributed by atoms with Gasteiger partial charge in [-0.3, -0.25) is 24.5 Å². The smallest absolute Gasteiger partial charge is 0.258 e. The third kappa shape index (κ3) is 4.30. The number of allylic oxidation sites excluding steroid dienone is 2. The largest absolute Gasteiger partial charge is 0.396 e. The van der Waals surface area contributed by atoms with Crippen LogP contribution in [-0.2, 0) is 24.4 Å². The van der Waals surface area contributed by atoms with Gasteiger partial charge >= 0.3 is 0 Å². The zero-order chi connectivity index (χ0) is 25.4. The number of fused-ring (bicyclic) bond motifs is 4. The van der Waals surface area contributed by atoms with Gasteiger partial charge in [0.25, 0.3) is 5.56 Å². The van der Waals surface area contributed by atoms with Crippen molar-refractivity contribution >= 4 is 11.5 Å². The van der Waals surface area contributed by atoms with Gasteiger partial charge in [-0.15, -0.1) is 0 Å². The lowest BCUT2D eigenvalue weighted by Crippen LogP contribution is -2.46. The van der Waals surface area contributed by atoms with Crippen LogP contribution in [0, 0.1) is 11.8 Å². The summed E-state index contributed by atoms with van der Waals surface area (Å²) in [6.07, 6.45) is 10.5. The molecule has 3 aromatic heterocycles.